The Labute approximate surface area is 111 Å². The molecule has 0 fully saturated rings. The van der Waals surface area contributed by atoms with Gasteiger partial charge in [0.15, 0.2) is 0 Å². The molecule has 0 aliphatic heterocycles. The number of hydrogen-bond acceptors (Lipinski definition) is 2. The second-order valence-corrected chi connectivity index (χ2v) is 4.81. The molecular formula is C16H25NO. The van der Waals surface area contributed by atoms with Crippen molar-refractivity contribution in [3.05, 3.63) is 48.0 Å². The van der Waals surface area contributed by atoms with E-state index in [0.717, 1.165) is 26.0 Å². The third-order valence-electron chi connectivity index (χ3n) is 2.72. The first-order valence-corrected chi connectivity index (χ1v) is 6.72. The SMILES string of the molecule is C=CCCOCc1ccc(CCNC(C)C)cc1. The Bertz CT molecular complexity index is 329. The Morgan fingerprint density at radius 3 is 2.50 bits per heavy atom. The average molecular weight is 247 g/mol. The maximum atomic E-state index is 5.53. The molecular weight excluding hydrogens is 222 g/mol. The Balaban J connectivity index is 2.26. The lowest BCUT2D eigenvalue weighted by Gasteiger charge is -2.08. The predicted octanol–water partition coefficient (Wildman–Crippen LogP) is 3.32. The molecule has 0 aliphatic rings. The van der Waals surface area contributed by atoms with E-state index in [9.17, 15) is 0 Å². The van der Waals surface area contributed by atoms with Crippen LogP contribution in [0.3, 0.4) is 0 Å². The Kier molecular flexibility index (Phi) is 7.38. The molecule has 0 amide bonds. The molecule has 0 saturated carbocycles. The van der Waals surface area contributed by atoms with Crippen molar-refractivity contribution in [2.75, 3.05) is 13.2 Å². The number of benzene rings is 1. The molecule has 1 N–H and O–H groups in total. The van der Waals surface area contributed by atoms with Gasteiger partial charge in [0, 0.05) is 6.04 Å². The van der Waals surface area contributed by atoms with Gasteiger partial charge in [0.25, 0.3) is 0 Å². The van der Waals surface area contributed by atoms with Crippen molar-refractivity contribution in [2.24, 2.45) is 0 Å². The van der Waals surface area contributed by atoms with E-state index in [0.29, 0.717) is 12.6 Å². The van der Waals surface area contributed by atoms with E-state index < -0.39 is 0 Å². The van der Waals surface area contributed by atoms with E-state index in [1.54, 1.807) is 0 Å². The quantitative estimate of drug-likeness (QED) is 0.534. The molecule has 0 aromatic heterocycles. The highest BCUT2D eigenvalue weighted by Gasteiger charge is 1.97. The normalized spacial score (nSPS) is 10.8. The van der Waals surface area contributed by atoms with Crippen molar-refractivity contribution < 1.29 is 4.74 Å². The Morgan fingerprint density at radius 1 is 1.22 bits per heavy atom. The molecule has 0 radical (unpaired) electrons. The van der Waals surface area contributed by atoms with Crippen LogP contribution in [0.2, 0.25) is 0 Å². The first-order valence-electron chi connectivity index (χ1n) is 6.72. The van der Waals surface area contributed by atoms with Crippen LogP contribution in [0.15, 0.2) is 36.9 Å². The van der Waals surface area contributed by atoms with Crippen LogP contribution in [-0.2, 0) is 17.8 Å². The molecule has 1 aromatic carbocycles. The van der Waals surface area contributed by atoms with Gasteiger partial charge < -0.3 is 10.1 Å². The topological polar surface area (TPSA) is 21.3 Å². The van der Waals surface area contributed by atoms with Crippen LogP contribution >= 0.6 is 0 Å². The predicted molar refractivity (Wildman–Crippen MR) is 77.8 cm³/mol. The maximum absolute atomic E-state index is 5.53. The minimum atomic E-state index is 0.558. The molecule has 2 heteroatoms. The lowest BCUT2D eigenvalue weighted by atomic mass is 10.1. The van der Waals surface area contributed by atoms with Gasteiger partial charge in [-0.25, -0.2) is 0 Å². The minimum absolute atomic E-state index is 0.558. The standard InChI is InChI=1S/C16H25NO/c1-4-5-12-18-13-16-8-6-15(7-9-16)10-11-17-14(2)3/h4,6-9,14,17H,1,5,10-13H2,2-3H3. The van der Waals surface area contributed by atoms with Crippen molar-refractivity contribution >= 4 is 0 Å². The zero-order chi connectivity index (χ0) is 13.2. The number of nitrogens with one attached hydrogen (secondary N) is 1. The summed E-state index contributed by atoms with van der Waals surface area (Å²) < 4.78 is 5.53. The van der Waals surface area contributed by atoms with Gasteiger partial charge in [-0.05, 0) is 30.5 Å². The van der Waals surface area contributed by atoms with Gasteiger partial charge >= 0.3 is 0 Å². The summed E-state index contributed by atoms with van der Waals surface area (Å²) in [6.07, 6.45) is 3.87. The molecule has 1 aromatic rings. The Hall–Kier alpha value is -1.12. The van der Waals surface area contributed by atoms with Crippen LogP contribution < -0.4 is 5.32 Å². The molecule has 0 aliphatic carbocycles. The van der Waals surface area contributed by atoms with E-state index >= 15 is 0 Å². The van der Waals surface area contributed by atoms with Crippen molar-refractivity contribution in [1.82, 2.24) is 5.32 Å². The van der Waals surface area contributed by atoms with Crippen LogP contribution in [0.4, 0.5) is 0 Å². The molecule has 0 bridgehead atoms. The van der Waals surface area contributed by atoms with Gasteiger partial charge in [0.1, 0.15) is 0 Å². The zero-order valence-corrected chi connectivity index (χ0v) is 11.6. The maximum Gasteiger partial charge on any atom is 0.0717 e. The lowest BCUT2D eigenvalue weighted by molar-refractivity contribution is 0.125. The first-order chi connectivity index (χ1) is 8.72. The molecule has 0 unspecified atom stereocenters. The fraction of sp³-hybridized carbons (Fsp3) is 0.500. The van der Waals surface area contributed by atoms with Gasteiger partial charge in [-0.15, -0.1) is 6.58 Å². The highest BCUT2D eigenvalue weighted by atomic mass is 16.5. The highest BCUT2D eigenvalue weighted by Crippen LogP contribution is 2.06. The molecule has 2 nitrogen and oxygen atoms in total. The summed E-state index contributed by atoms with van der Waals surface area (Å²) in [5.41, 5.74) is 2.61. The zero-order valence-electron chi connectivity index (χ0n) is 11.6. The summed E-state index contributed by atoms with van der Waals surface area (Å²) in [7, 11) is 0. The summed E-state index contributed by atoms with van der Waals surface area (Å²) in [6, 6.07) is 9.24. The highest BCUT2D eigenvalue weighted by molar-refractivity contribution is 5.22. The lowest BCUT2D eigenvalue weighted by Crippen LogP contribution is -2.24. The number of hydrogen-bond donors (Lipinski definition) is 1. The van der Waals surface area contributed by atoms with E-state index in [4.69, 9.17) is 4.74 Å². The third kappa shape index (κ3) is 6.58. The van der Waals surface area contributed by atoms with Crippen LogP contribution in [-0.4, -0.2) is 19.2 Å². The van der Waals surface area contributed by atoms with Crippen LogP contribution in [0.5, 0.6) is 0 Å². The number of rotatable bonds is 9. The second-order valence-electron chi connectivity index (χ2n) is 4.81. The third-order valence-corrected chi connectivity index (χ3v) is 2.72. The second kappa shape index (κ2) is 8.90. The molecule has 1 rings (SSSR count). The average Bonchev–Trinajstić information content (AvgIpc) is 2.36. The molecule has 0 atom stereocenters. The van der Waals surface area contributed by atoms with Crippen LogP contribution in [0.25, 0.3) is 0 Å². The summed E-state index contributed by atoms with van der Waals surface area (Å²) in [5.74, 6) is 0. The fourth-order valence-corrected chi connectivity index (χ4v) is 1.66. The van der Waals surface area contributed by atoms with Gasteiger partial charge in [0.2, 0.25) is 0 Å². The molecule has 0 spiro atoms. The smallest absolute Gasteiger partial charge is 0.0717 e. The van der Waals surface area contributed by atoms with Gasteiger partial charge in [-0.3, -0.25) is 0 Å². The molecule has 0 heterocycles. The van der Waals surface area contributed by atoms with Crippen molar-refractivity contribution in [3.8, 4) is 0 Å². The van der Waals surface area contributed by atoms with Gasteiger partial charge in [-0.1, -0.05) is 44.2 Å². The van der Waals surface area contributed by atoms with E-state index in [2.05, 4.69) is 50.0 Å². The first kappa shape index (κ1) is 14.9. The molecule has 18 heavy (non-hydrogen) atoms. The van der Waals surface area contributed by atoms with Crippen LogP contribution in [0, 0.1) is 0 Å². The summed E-state index contributed by atoms with van der Waals surface area (Å²) >= 11 is 0. The summed E-state index contributed by atoms with van der Waals surface area (Å²) in [6.45, 7) is 10.5. The van der Waals surface area contributed by atoms with Crippen LogP contribution in [0.1, 0.15) is 31.4 Å². The van der Waals surface area contributed by atoms with Gasteiger partial charge in [-0.2, -0.15) is 0 Å². The fourth-order valence-electron chi connectivity index (χ4n) is 1.66. The van der Waals surface area contributed by atoms with E-state index in [1.165, 1.54) is 11.1 Å². The Morgan fingerprint density at radius 2 is 1.89 bits per heavy atom. The monoisotopic (exact) mass is 247 g/mol. The minimum Gasteiger partial charge on any atom is -0.376 e. The van der Waals surface area contributed by atoms with E-state index in [-0.39, 0.29) is 0 Å². The molecule has 0 saturated heterocycles. The summed E-state index contributed by atoms with van der Waals surface area (Å²) in [5, 5.41) is 3.42. The van der Waals surface area contributed by atoms with E-state index in [1.807, 2.05) is 6.08 Å². The number of ether oxygens (including phenoxy) is 1. The van der Waals surface area contributed by atoms with Crippen molar-refractivity contribution in [2.45, 2.75) is 39.3 Å². The van der Waals surface area contributed by atoms with Gasteiger partial charge in [0.05, 0.1) is 13.2 Å². The largest absolute Gasteiger partial charge is 0.376 e. The van der Waals surface area contributed by atoms with Crippen molar-refractivity contribution in [3.63, 3.8) is 0 Å². The summed E-state index contributed by atoms with van der Waals surface area (Å²) in [4.78, 5) is 0. The molecule has 100 valence electrons. The van der Waals surface area contributed by atoms with Crippen molar-refractivity contribution in [1.29, 1.82) is 0 Å².